The van der Waals surface area contributed by atoms with Gasteiger partial charge in [-0.1, -0.05) is 24.3 Å². The van der Waals surface area contributed by atoms with Gasteiger partial charge in [0.1, 0.15) is 11.3 Å². The smallest absolute Gasteiger partial charge is 0.316 e. The number of carbonyl (C=O) groups is 1. The minimum atomic E-state index is -0.274. The summed E-state index contributed by atoms with van der Waals surface area (Å²) >= 11 is 0. The number of hydrogen-bond acceptors (Lipinski definition) is 5. The number of para-hydroxylation sites is 1. The lowest BCUT2D eigenvalue weighted by Crippen LogP contribution is -2.39. The molecular weight excluding hydrogens is 455 g/mol. The van der Waals surface area contributed by atoms with E-state index in [1.807, 2.05) is 36.4 Å². The number of benzene rings is 2. The standard InChI is InChI=1S/C29H29FN4O2/c1-18(33-28(35)22-12-10-21(11-13-22)26-15-17-32-29(34-26)36-2)19-6-8-20(9-7-19)23-14-16-31-27-24(23)4-3-5-25(27)30/h3-5,10-20H,6-9H2,1-2H3,(H,33,35)/t18-,19?,20?/m1/s1. The summed E-state index contributed by atoms with van der Waals surface area (Å²) in [6.45, 7) is 2.08. The Morgan fingerprint density at radius 3 is 2.50 bits per heavy atom. The van der Waals surface area contributed by atoms with Gasteiger partial charge in [-0.2, -0.15) is 4.98 Å². The van der Waals surface area contributed by atoms with Crippen LogP contribution in [0.4, 0.5) is 4.39 Å². The third-order valence-corrected chi connectivity index (χ3v) is 7.29. The Labute approximate surface area is 210 Å². The van der Waals surface area contributed by atoms with E-state index < -0.39 is 0 Å². The van der Waals surface area contributed by atoms with Gasteiger partial charge in [-0.25, -0.2) is 9.37 Å². The molecule has 0 bridgehead atoms. The Bertz CT molecular complexity index is 1370. The molecular formula is C29H29FN4O2. The highest BCUT2D eigenvalue weighted by molar-refractivity contribution is 5.94. The van der Waals surface area contributed by atoms with Crippen molar-refractivity contribution in [3.63, 3.8) is 0 Å². The second-order valence-electron chi connectivity index (χ2n) is 9.42. The van der Waals surface area contributed by atoms with Crippen molar-refractivity contribution in [2.24, 2.45) is 5.92 Å². The van der Waals surface area contributed by atoms with Crippen LogP contribution in [0, 0.1) is 11.7 Å². The zero-order chi connectivity index (χ0) is 25.1. The second-order valence-corrected chi connectivity index (χ2v) is 9.42. The van der Waals surface area contributed by atoms with Gasteiger partial charge in [0.15, 0.2) is 0 Å². The van der Waals surface area contributed by atoms with E-state index in [4.69, 9.17) is 4.74 Å². The predicted molar refractivity (Wildman–Crippen MR) is 137 cm³/mol. The van der Waals surface area contributed by atoms with Gasteiger partial charge in [0.25, 0.3) is 5.91 Å². The average Bonchev–Trinajstić information content (AvgIpc) is 2.93. The number of pyridine rings is 1. The third-order valence-electron chi connectivity index (χ3n) is 7.29. The van der Waals surface area contributed by atoms with Crippen LogP contribution < -0.4 is 10.1 Å². The van der Waals surface area contributed by atoms with Gasteiger partial charge in [0, 0.05) is 34.9 Å². The Morgan fingerprint density at radius 1 is 1.00 bits per heavy atom. The van der Waals surface area contributed by atoms with Crippen molar-refractivity contribution in [2.75, 3.05) is 7.11 Å². The average molecular weight is 485 g/mol. The van der Waals surface area contributed by atoms with Crippen LogP contribution in [0.1, 0.15) is 54.4 Å². The molecule has 1 aliphatic rings. The summed E-state index contributed by atoms with van der Waals surface area (Å²) in [5.74, 6) is 0.434. The molecule has 2 aromatic heterocycles. The molecule has 1 saturated carbocycles. The summed E-state index contributed by atoms with van der Waals surface area (Å²) in [5, 5.41) is 4.10. The van der Waals surface area contributed by atoms with Crippen molar-refractivity contribution in [3.05, 3.63) is 83.9 Å². The number of methoxy groups -OCH3 is 1. The molecule has 2 aromatic carbocycles. The zero-order valence-electron chi connectivity index (χ0n) is 20.4. The zero-order valence-corrected chi connectivity index (χ0v) is 20.4. The first kappa shape index (κ1) is 23.9. The first-order valence-corrected chi connectivity index (χ1v) is 12.3. The highest BCUT2D eigenvalue weighted by Crippen LogP contribution is 2.39. The van der Waals surface area contributed by atoms with Crippen LogP contribution in [-0.2, 0) is 0 Å². The molecule has 0 radical (unpaired) electrons. The molecule has 184 valence electrons. The van der Waals surface area contributed by atoms with Gasteiger partial charge < -0.3 is 10.1 Å². The van der Waals surface area contributed by atoms with Crippen molar-refractivity contribution in [1.29, 1.82) is 0 Å². The molecule has 5 rings (SSSR count). The van der Waals surface area contributed by atoms with Crippen LogP contribution >= 0.6 is 0 Å². The lowest BCUT2D eigenvalue weighted by atomic mass is 9.75. The van der Waals surface area contributed by atoms with Crippen molar-refractivity contribution in [1.82, 2.24) is 20.3 Å². The molecule has 0 saturated heterocycles. The van der Waals surface area contributed by atoms with Gasteiger partial charge >= 0.3 is 6.01 Å². The first-order chi connectivity index (χ1) is 17.5. The SMILES string of the molecule is COc1nccc(-c2ccc(C(=O)N[C@H](C)C3CCC(c4ccnc5c(F)cccc45)CC3)cc2)n1. The van der Waals surface area contributed by atoms with E-state index in [9.17, 15) is 9.18 Å². The Hall–Kier alpha value is -3.87. The number of aromatic nitrogens is 3. The number of ether oxygens (including phenoxy) is 1. The Balaban J connectivity index is 1.19. The largest absolute Gasteiger partial charge is 0.467 e. The molecule has 1 amide bonds. The number of hydrogen-bond donors (Lipinski definition) is 1. The summed E-state index contributed by atoms with van der Waals surface area (Å²) in [6, 6.07) is 16.8. The van der Waals surface area contributed by atoms with Crippen molar-refractivity contribution in [2.45, 2.75) is 44.6 Å². The van der Waals surface area contributed by atoms with Crippen LogP contribution in [0.5, 0.6) is 6.01 Å². The second kappa shape index (κ2) is 10.4. The van der Waals surface area contributed by atoms with Gasteiger partial charge in [-0.3, -0.25) is 9.78 Å². The lowest BCUT2D eigenvalue weighted by molar-refractivity contribution is 0.0918. The number of nitrogens with zero attached hydrogens (tertiary/aromatic N) is 3. The first-order valence-electron chi connectivity index (χ1n) is 12.3. The maximum absolute atomic E-state index is 14.2. The molecule has 0 unspecified atom stereocenters. The summed E-state index contributed by atoms with van der Waals surface area (Å²) in [5.41, 5.74) is 3.87. The van der Waals surface area contributed by atoms with Crippen LogP contribution in [0.3, 0.4) is 0 Å². The van der Waals surface area contributed by atoms with Crippen LogP contribution in [0.2, 0.25) is 0 Å². The number of amides is 1. The minimum absolute atomic E-state index is 0.0656. The van der Waals surface area contributed by atoms with Gasteiger partial charge in [0.05, 0.1) is 12.8 Å². The number of halogens is 1. The van der Waals surface area contributed by atoms with E-state index in [2.05, 4.69) is 27.2 Å². The highest BCUT2D eigenvalue weighted by Gasteiger charge is 2.28. The summed E-state index contributed by atoms with van der Waals surface area (Å²) < 4.78 is 19.3. The molecule has 36 heavy (non-hydrogen) atoms. The maximum atomic E-state index is 14.2. The van der Waals surface area contributed by atoms with E-state index in [-0.39, 0.29) is 17.8 Å². The van der Waals surface area contributed by atoms with Gasteiger partial charge in [0.2, 0.25) is 0 Å². The fourth-order valence-electron chi connectivity index (χ4n) is 5.25. The van der Waals surface area contributed by atoms with E-state index in [0.717, 1.165) is 42.3 Å². The van der Waals surface area contributed by atoms with Crippen LogP contribution in [0.15, 0.2) is 67.0 Å². The molecule has 1 N–H and O–H groups in total. The minimum Gasteiger partial charge on any atom is -0.467 e. The monoisotopic (exact) mass is 484 g/mol. The molecule has 1 aliphatic carbocycles. The van der Waals surface area contributed by atoms with Crippen molar-refractivity contribution < 1.29 is 13.9 Å². The summed E-state index contributed by atoms with van der Waals surface area (Å²) in [7, 11) is 1.53. The normalized spacial score (nSPS) is 18.5. The van der Waals surface area contributed by atoms with E-state index >= 15 is 0 Å². The molecule has 0 spiro atoms. The van der Waals surface area contributed by atoms with Gasteiger partial charge in [-0.15, -0.1) is 0 Å². The number of fused-ring (bicyclic) bond motifs is 1. The number of rotatable bonds is 6. The highest BCUT2D eigenvalue weighted by atomic mass is 19.1. The number of nitrogens with one attached hydrogen (secondary N) is 1. The van der Waals surface area contributed by atoms with Crippen molar-refractivity contribution in [3.8, 4) is 17.3 Å². The molecule has 0 aliphatic heterocycles. The molecule has 7 heteroatoms. The predicted octanol–water partition coefficient (Wildman–Crippen LogP) is 5.93. The Morgan fingerprint density at radius 2 is 1.75 bits per heavy atom. The van der Waals surface area contributed by atoms with Gasteiger partial charge in [-0.05, 0) is 80.3 Å². The fraction of sp³-hybridized carbons (Fsp3) is 0.310. The van der Waals surface area contributed by atoms with Crippen LogP contribution in [-0.4, -0.2) is 34.0 Å². The molecule has 2 heterocycles. The van der Waals surface area contributed by atoms with Crippen LogP contribution in [0.25, 0.3) is 22.2 Å². The quantitative estimate of drug-likeness (QED) is 0.367. The topological polar surface area (TPSA) is 77.0 Å². The van der Waals surface area contributed by atoms with E-state index in [1.165, 1.54) is 18.7 Å². The molecule has 1 fully saturated rings. The molecule has 4 aromatic rings. The van der Waals surface area contributed by atoms with E-state index in [0.29, 0.717) is 28.9 Å². The van der Waals surface area contributed by atoms with Crippen molar-refractivity contribution >= 4 is 16.8 Å². The Kier molecular flexibility index (Phi) is 6.89. The van der Waals surface area contributed by atoms with E-state index in [1.54, 1.807) is 24.5 Å². The number of carbonyl (C=O) groups excluding carboxylic acids is 1. The lowest BCUT2D eigenvalue weighted by Gasteiger charge is -2.33. The maximum Gasteiger partial charge on any atom is 0.316 e. The fourth-order valence-corrected chi connectivity index (χ4v) is 5.25. The molecule has 1 atom stereocenters. The third kappa shape index (κ3) is 4.91. The summed E-state index contributed by atoms with van der Waals surface area (Å²) in [6.07, 6.45) is 7.41. The molecule has 6 nitrogen and oxygen atoms in total. The summed E-state index contributed by atoms with van der Waals surface area (Å²) in [4.78, 5) is 25.5.